The van der Waals surface area contributed by atoms with Gasteiger partial charge in [0, 0.05) is 13.7 Å². The molecule has 0 saturated heterocycles. The van der Waals surface area contributed by atoms with Crippen LogP contribution in [0.4, 0.5) is 0 Å². The van der Waals surface area contributed by atoms with Crippen molar-refractivity contribution in [3.05, 3.63) is 29.8 Å². The van der Waals surface area contributed by atoms with Crippen LogP contribution in [0.3, 0.4) is 0 Å². The van der Waals surface area contributed by atoms with Crippen LogP contribution >= 0.6 is 0 Å². The van der Waals surface area contributed by atoms with Crippen LogP contribution in [0.2, 0.25) is 0 Å². The molecule has 0 saturated carbocycles. The van der Waals surface area contributed by atoms with E-state index in [1.807, 2.05) is 12.1 Å². The Morgan fingerprint density at radius 2 is 1.84 bits per heavy atom. The van der Waals surface area contributed by atoms with Crippen LogP contribution in [0.5, 0.6) is 5.75 Å². The fourth-order valence-corrected chi connectivity index (χ4v) is 1.88. The van der Waals surface area contributed by atoms with E-state index >= 15 is 0 Å². The molecule has 0 spiro atoms. The average molecular weight is 265 g/mol. The van der Waals surface area contributed by atoms with E-state index < -0.39 is 0 Å². The van der Waals surface area contributed by atoms with Crippen LogP contribution in [-0.2, 0) is 4.74 Å². The Hall–Kier alpha value is -1.06. The second-order valence-corrected chi connectivity index (χ2v) is 5.12. The van der Waals surface area contributed by atoms with Gasteiger partial charge >= 0.3 is 0 Å². The number of hydrogen-bond acceptors (Lipinski definition) is 3. The van der Waals surface area contributed by atoms with Gasteiger partial charge in [0.1, 0.15) is 11.9 Å². The van der Waals surface area contributed by atoms with Crippen LogP contribution in [0.1, 0.15) is 38.7 Å². The molecule has 0 heterocycles. The molecule has 3 heteroatoms. The lowest BCUT2D eigenvalue weighted by Crippen LogP contribution is -2.35. The molecule has 0 fully saturated rings. The van der Waals surface area contributed by atoms with Crippen molar-refractivity contribution in [2.75, 3.05) is 26.8 Å². The van der Waals surface area contributed by atoms with Crippen LogP contribution in [-0.4, -0.2) is 32.9 Å². The largest absolute Gasteiger partial charge is 0.487 e. The molecular weight excluding hydrogens is 238 g/mol. The first kappa shape index (κ1) is 16.0. The highest BCUT2D eigenvalue weighted by molar-refractivity contribution is 5.29. The summed E-state index contributed by atoms with van der Waals surface area (Å²) in [6.07, 6.45) is 1.18. The number of hydrogen-bond donors (Lipinski definition) is 1. The number of rotatable bonds is 9. The zero-order chi connectivity index (χ0) is 14.1. The molecule has 1 rings (SSSR count). The predicted octanol–water partition coefficient (Wildman–Crippen LogP) is 3.20. The summed E-state index contributed by atoms with van der Waals surface area (Å²) in [5.41, 5.74) is 1.33. The van der Waals surface area contributed by atoms with E-state index in [4.69, 9.17) is 9.47 Å². The summed E-state index contributed by atoms with van der Waals surface area (Å²) in [7, 11) is 1.71. The summed E-state index contributed by atoms with van der Waals surface area (Å²) >= 11 is 0. The summed E-state index contributed by atoms with van der Waals surface area (Å²) < 4.78 is 11.2. The fraction of sp³-hybridized carbons (Fsp3) is 0.625. The van der Waals surface area contributed by atoms with E-state index in [0.717, 1.165) is 25.3 Å². The molecule has 1 N–H and O–H groups in total. The molecule has 0 aromatic heterocycles. The Balaban J connectivity index is 2.52. The van der Waals surface area contributed by atoms with E-state index in [9.17, 15) is 0 Å². The van der Waals surface area contributed by atoms with Gasteiger partial charge in [-0.25, -0.2) is 0 Å². The summed E-state index contributed by atoms with van der Waals surface area (Å²) in [6.45, 7) is 8.96. The highest BCUT2D eigenvalue weighted by Gasteiger charge is 2.10. The predicted molar refractivity (Wildman–Crippen MR) is 80.0 cm³/mol. The summed E-state index contributed by atoms with van der Waals surface area (Å²) in [6, 6.07) is 8.34. The van der Waals surface area contributed by atoms with Crippen molar-refractivity contribution in [2.24, 2.45) is 0 Å². The maximum Gasteiger partial charge on any atom is 0.134 e. The van der Waals surface area contributed by atoms with Gasteiger partial charge in [-0.15, -0.1) is 0 Å². The molecule has 19 heavy (non-hydrogen) atoms. The minimum atomic E-state index is 0.0569. The van der Waals surface area contributed by atoms with Gasteiger partial charge < -0.3 is 14.8 Å². The number of benzene rings is 1. The molecule has 1 aromatic carbocycles. The highest BCUT2D eigenvalue weighted by Crippen LogP contribution is 2.19. The lowest BCUT2D eigenvalue weighted by Gasteiger charge is -2.19. The van der Waals surface area contributed by atoms with Gasteiger partial charge in [0.2, 0.25) is 0 Å². The van der Waals surface area contributed by atoms with Crippen molar-refractivity contribution in [2.45, 2.75) is 39.2 Å². The molecule has 1 aromatic rings. The molecule has 3 nitrogen and oxygen atoms in total. The zero-order valence-electron chi connectivity index (χ0n) is 12.6. The SMILES string of the molecule is CCCNCC(COC)Oc1ccc(C(C)C)cc1. The van der Waals surface area contributed by atoms with Crippen LogP contribution in [0.15, 0.2) is 24.3 Å². The second-order valence-electron chi connectivity index (χ2n) is 5.12. The van der Waals surface area contributed by atoms with Crippen LogP contribution in [0, 0.1) is 0 Å². The average Bonchev–Trinajstić information content (AvgIpc) is 2.40. The molecule has 108 valence electrons. The third kappa shape index (κ3) is 6.08. The lowest BCUT2D eigenvalue weighted by molar-refractivity contribution is 0.0807. The Kier molecular flexibility index (Phi) is 7.53. The number of ether oxygens (including phenoxy) is 2. The number of methoxy groups -OCH3 is 1. The summed E-state index contributed by atoms with van der Waals surface area (Å²) in [4.78, 5) is 0. The van der Waals surface area contributed by atoms with Gasteiger partial charge in [0.05, 0.1) is 6.61 Å². The Morgan fingerprint density at radius 1 is 1.16 bits per heavy atom. The molecular formula is C16H27NO2. The van der Waals surface area contributed by atoms with Crippen LogP contribution < -0.4 is 10.1 Å². The first-order valence-corrected chi connectivity index (χ1v) is 7.13. The molecule has 0 amide bonds. The van der Waals surface area contributed by atoms with E-state index in [1.54, 1.807) is 7.11 Å². The van der Waals surface area contributed by atoms with Gasteiger partial charge in [0.15, 0.2) is 0 Å². The number of nitrogens with one attached hydrogen (secondary N) is 1. The monoisotopic (exact) mass is 265 g/mol. The Bertz CT molecular complexity index is 335. The van der Waals surface area contributed by atoms with E-state index in [0.29, 0.717) is 12.5 Å². The van der Waals surface area contributed by atoms with Gasteiger partial charge in [0.25, 0.3) is 0 Å². The molecule has 1 unspecified atom stereocenters. The van der Waals surface area contributed by atoms with Crippen molar-refractivity contribution >= 4 is 0 Å². The van der Waals surface area contributed by atoms with Gasteiger partial charge in [-0.2, -0.15) is 0 Å². The molecule has 0 bridgehead atoms. The fourth-order valence-electron chi connectivity index (χ4n) is 1.88. The van der Waals surface area contributed by atoms with Gasteiger partial charge in [-0.1, -0.05) is 32.9 Å². The first-order valence-electron chi connectivity index (χ1n) is 7.13. The normalized spacial score (nSPS) is 12.7. The topological polar surface area (TPSA) is 30.5 Å². The van der Waals surface area contributed by atoms with E-state index in [-0.39, 0.29) is 6.10 Å². The maximum atomic E-state index is 5.95. The minimum Gasteiger partial charge on any atom is -0.487 e. The molecule has 0 aliphatic carbocycles. The second kappa shape index (κ2) is 8.94. The standard InChI is InChI=1S/C16H27NO2/c1-5-10-17-11-16(12-18-4)19-15-8-6-14(7-9-15)13(2)3/h6-9,13,16-17H,5,10-12H2,1-4H3. The molecule has 0 aliphatic heterocycles. The third-order valence-corrected chi connectivity index (χ3v) is 3.00. The smallest absolute Gasteiger partial charge is 0.134 e. The van der Waals surface area contributed by atoms with Crippen molar-refractivity contribution in [3.8, 4) is 5.75 Å². The van der Waals surface area contributed by atoms with Crippen molar-refractivity contribution in [3.63, 3.8) is 0 Å². The third-order valence-electron chi connectivity index (χ3n) is 3.00. The maximum absolute atomic E-state index is 5.95. The highest BCUT2D eigenvalue weighted by atomic mass is 16.5. The zero-order valence-corrected chi connectivity index (χ0v) is 12.6. The Morgan fingerprint density at radius 3 is 2.37 bits per heavy atom. The van der Waals surface area contributed by atoms with Crippen molar-refractivity contribution in [1.82, 2.24) is 5.32 Å². The lowest BCUT2D eigenvalue weighted by atomic mass is 10.0. The van der Waals surface area contributed by atoms with Gasteiger partial charge in [-0.3, -0.25) is 0 Å². The summed E-state index contributed by atoms with van der Waals surface area (Å²) in [5, 5.41) is 3.36. The van der Waals surface area contributed by atoms with Crippen molar-refractivity contribution < 1.29 is 9.47 Å². The van der Waals surface area contributed by atoms with Crippen molar-refractivity contribution in [1.29, 1.82) is 0 Å². The summed E-state index contributed by atoms with van der Waals surface area (Å²) in [5.74, 6) is 1.46. The van der Waals surface area contributed by atoms with Crippen LogP contribution in [0.25, 0.3) is 0 Å². The quantitative estimate of drug-likeness (QED) is 0.696. The van der Waals surface area contributed by atoms with Gasteiger partial charge in [-0.05, 0) is 36.6 Å². The molecule has 1 atom stereocenters. The molecule has 0 radical (unpaired) electrons. The van der Waals surface area contributed by atoms with E-state index in [1.165, 1.54) is 5.56 Å². The van der Waals surface area contributed by atoms with E-state index in [2.05, 4.69) is 38.2 Å². The first-order chi connectivity index (χ1) is 9.17. The Labute approximate surface area is 117 Å². The minimum absolute atomic E-state index is 0.0569. The molecule has 0 aliphatic rings.